The Morgan fingerprint density at radius 1 is 1.04 bits per heavy atom. The number of benzene rings is 2. The van der Waals surface area contributed by atoms with Crippen LogP contribution in [0.15, 0.2) is 30.3 Å². The Labute approximate surface area is 141 Å². The topological polar surface area (TPSA) is 67.4 Å². The van der Waals surface area contributed by atoms with Gasteiger partial charge in [-0.15, -0.1) is 0 Å². The molecule has 5 nitrogen and oxygen atoms in total. The zero-order chi connectivity index (χ0) is 17.9. The maximum absolute atomic E-state index is 13.1. The van der Waals surface area contributed by atoms with Gasteiger partial charge in [-0.05, 0) is 30.7 Å². The van der Waals surface area contributed by atoms with Crippen molar-refractivity contribution in [3.63, 3.8) is 0 Å². The zero-order valence-electron chi connectivity index (χ0n) is 12.7. The molecule has 0 fully saturated rings. The number of halogens is 3. The number of rotatable bonds is 3. The molecule has 0 aromatic heterocycles. The van der Waals surface area contributed by atoms with Gasteiger partial charge in [0.25, 0.3) is 0 Å². The normalized spacial score (nSPS) is 10.2. The van der Waals surface area contributed by atoms with Crippen molar-refractivity contribution in [2.24, 2.45) is 0 Å². The first-order valence-corrected chi connectivity index (χ1v) is 7.11. The number of aryl methyl sites for hydroxylation is 1. The van der Waals surface area contributed by atoms with Crippen molar-refractivity contribution in [1.82, 2.24) is 0 Å². The predicted molar refractivity (Wildman–Crippen MR) is 86.4 cm³/mol. The Bertz CT molecular complexity index is 812. The second-order valence-corrected chi connectivity index (χ2v) is 5.25. The molecule has 0 aliphatic rings. The van der Waals surface area contributed by atoms with E-state index in [0.29, 0.717) is 10.6 Å². The molecule has 0 radical (unpaired) electrons. The molecule has 0 saturated heterocycles. The van der Waals surface area contributed by atoms with E-state index in [9.17, 15) is 18.4 Å². The fourth-order valence-electron chi connectivity index (χ4n) is 1.87. The number of carbonyl (C=O) groups is 2. The van der Waals surface area contributed by atoms with Crippen LogP contribution in [0.1, 0.15) is 5.56 Å². The van der Waals surface area contributed by atoms with E-state index in [0.717, 1.165) is 18.2 Å². The molecule has 2 rings (SSSR count). The molecule has 2 aromatic carbocycles. The van der Waals surface area contributed by atoms with E-state index in [1.54, 1.807) is 13.0 Å². The van der Waals surface area contributed by atoms with Crippen LogP contribution in [0.2, 0.25) is 5.02 Å². The molecule has 126 valence electrons. The average Bonchev–Trinajstić information content (AvgIpc) is 2.54. The average molecular weight is 355 g/mol. The fourth-order valence-corrected chi connectivity index (χ4v) is 2.02. The lowest BCUT2D eigenvalue weighted by Gasteiger charge is -2.12. The van der Waals surface area contributed by atoms with Gasteiger partial charge in [0, 0.05) is 22.8 Å². The monoisotopic (exact) mass is 354 g/mol. The molecule has 8 heteroatoms. The summed E-state index contributed by atoms with van der Waals surface area (Å²) in [5.74, 6) is -3.96. The molecule has 2 N–H and O–H groups in total. The summed E-state index contributed by atoms with van der Waals surface area (Å²) < 4.78 is 31.0. The highest BCUT2D eigenvalue weighted by molar-refractivity contribution is 6.43. The molecule has 0 unspecified atom stereocenters. The van der Waals surface area contributed by atoms with Crippen LogP contribution in [0.25, 0.3) is 0 Å². The summed E-state index contributed by atoms with van der Waals surface area (Å²) in [6.07, 6.45) is 0. The number of nitrogens with one attached hydrogen (secondary N) is 2. The van der Waals surface area contributed by atoms with Crippen LogP contribution in [-0.4, -0.2) is 18.9 Å². The van der Waals surface area contributed by atoms with Gasteiger partial charge in [0.15, 0.2) is 11.6 Å². The molecular formula is C16H13ClF2N2O3. The van der Waals surface area contributed by atoms with Crippen LogP contribution in [0.5, 0.6) is 5.75 Å². The van der Waals surface area contributed by atoms with Gasteiger partial charge in [0.2, 0.25) is 0 Å². The Morgan fingerprint density at radius 2 is 1.71 bits per heavy atom. The smallest absolute Gasteiger partial charge is 0.314 e. The lowest BCUT2D eigenvalue weighted by atomic mass is 10.2. The molecule has 0 aliphatic carbocycles. The Hall–Kier alpha value is -2.67. The minimum absolute atomic E-state index is 0.0479. The second kappa shape index (κ2) is 7.27. The molecule has 0 saturated carbocycles. The third kappa shape index (κ3) is 3.99. The summed E-state index contributed by atoms with van der Waals surface area (Å²) in [6, 6.07) is 5.79. The molecule has 2 aromatic rings. The summed E-state index contributed by atoms with van der Waals surface area (Å²) in [7, 11) is 1.39. The molecule has 0 atom stereocenters. The van der Waals surface area contributed by atoms with Gasteiger partial charge < -0.3 is 15.4 Å². The molecule has 0 aliphatic heterocycles. The van der Waals surface area contributed by atoms with Gasteiger partial charge in [-0.3, -0.25) is 9.59 Å². The number of carbonyl (C=O) groups excluding carboxylic acids is 2. The highest BCUT2D eigenvalue weighted by Gasteiger charge is 2.17. The van der Waals surface area contributed by atoms with Gasteiger partial charge >= 0.3 is 11.8 Å². The van der Waals surface area contributed by atoms with E-state index in [1.807, 2.05) is 0 Å². The van der Waals surface area contributed by atoms with Crippen LogP contribution in [0, 0.1) is 18.6 Å². The van der Waals surface area contributed by atoms with Gasteiger partial charge in [-0.2, -0.15) is 0 Å². The van der Waals surface area contributed by atoms with E-state index in [-0.39, 0.29) is 17.1 Å². The third-order valence-corrected chi connectivity index (χ3v) is 3.52. The van der Waals surface area contributed by atoms with Crippen LogP contribution in [0.4, 0.5) is 20.2 Å². The Kier molecular flexibility index (Phi) is 5.35. The fraction of sp³-hybridized carbons (Fsp3) is 0.125. The molecule has 24 heavy (non-hydrogen) atoms. The first kappa shape index (κ1) is 17.7. The lowest BCUT2D eigenvalue weighted by Crippen LogP contribution is -2.29. The van der Waals surface area contributed by atoms with Crippen LogP contribution in [0.3, 0.4) is 0 Å². The number of amides is 2. The quantitative estimate of drug-likeness (QED) is 0.829. The summed E-state index contributed by atoms with van der Waals surface area (Å²) in [6.45, 7) is 1.72. The van der Waals surface area contributed by atoms with Gasteiger partial charge in [0.1, 0.15) is 5.75 Å². The first-order valence-electron chi connectivity index (χ1n) is 6.73. The minimum atomic E-state index is -1.14. The van der Waals surface area contributed by atoms with E-state index in [1.165, 1.54) is 13.2 Å². The van der Waals surface area contributed by atoms with E-state index < -0.39 is 23.4 Å². The summed E-state index contributed by atoms with van der Waals surface area (Å²) in [5, 5.41) is 4.98. The standard InChI is InChI=1S/C16H13ClF2N2O3/c1-8-5-13(14(24-2)7-10(8)17)21-16(23)15(22)20-9-3-4-11(18)12(19)6-9/h3-7H,1-2H3,(H,20,22)(H,21,23). The van der Waals surface area contributed by atoms with Crippen molar-refractivity contribution >= 4 is 34.8 Å². The van der Waals surface area contributed by atoms with Crippen molar-refractivity contribution < 1.29 is 23.1 Å². The van der Waals surface area contributed by atoms with Gasteiger partial charge in [0.05, 0.1) is 12.8 Å². The molecular weight excluding hydrogens is 342 g/mol. The van der Waals surface area contributed by atoms with E-state index >= 15 is 0 Å². The second-order valence-electron chi connectivity index (χ2n) is 4.84. The predicted octanol–water partition coefficient (Wildman–Crippen LogP) is 3.51. The highest BCUT2D eigenvalue weighted by atomic mass is 35.5. The number of hydrogen-bond acceptors (Lipinski definition) is 3. The van der Waals surface area contributed by atoms with Crippen LogP contribution >= 0.6 is 11.6 Å². The maximum Gasteiger partial charge on any atom is 0.314 e. The molecule has 0 bridgehead atoms. The molecule has 2 amide bonds. The van der Waals surface area contributed by atoms with Crippen LogP contribution < -0.4 is 15.4 Å². The van der Waals surface area contributed by atoms with Crippen molar-refractivity contribution in [3.05, 3.63) is 52.6 Å². The summed E-state index contributed by atoms with van der Waals surface area (Å²) in [5.41, 5.74) is 0.881. The van der Waals surface area contributed by atoms with Crippen molar-refractivity contribution in [1.29, 1.82) is 0 Å². The largest absolute Gasteiger partial charge is 0.495 e. The van der Waals surface area contributed by atoms with Gasteiger partial charge in [-0.1, -0.05) is 11.6 Å². The molecule has 0 heterocycles. The summed E-state index contributed by atoms with van der Waals surface area (Å²) >= 11 is 5.96. The van der Waals surface area contributed by atoms with Crippen LogP contribution in [-0.2, 0) is 9.59 Å². The maximum atomic E-state index is 13.1. The summed E-state index contributed by atoms with van der Waals surface area (Å²) in [4.78, 5) is 23.8. The molecule has 0 spiro atoms. The zero-order valence-corrected chi connectivity index (χ0v) is 13.5. The highest BCUT2D eigenvalue weighted by Crippen LogP contribution is 2.30. The lowest BCUT2D eigenvalue weighted by molar-refractivity contribution is -0.133. The number of anilines is 2. The van der Waals surface area contributed by atoms with Crippen molar-refractivity contribution in [2.75, 3.05) is 17.7 Å². The minimum Gasteiger partial charge on any atom is -0.495 e. The number of hydrogen-bond donors (Lipinski definition) is 2. The Balaban J connectivity index is 2.13. The van der Waals surface area contributed by atoms with Crippen molar-refractivity contribution in [2.45, 2.75) is 6.92 Å². The first-order chi connectivity index (χ1) is 11.3. The third-order valence-electron chi connectivity index (χ3n) is 3.11. The van der Waals surface area contributed by atoms with E-state index in [4.69, 9.17) is 16.3 Å². The van der Waals surface area contributed by atoms with E-state index in [2.05, 4.69) is 10.6 Å². The SMILES string of the molecule is COc1cc(Cl)c(C)cc1NC(=O)C(=O)Nc1ccc(F)c(F)c1. The number of methoxy groups -OCH3 is 1. The van der Waals surface area contributed by atoms with Crippen molar-refractivity contribution in [3.8, 4) is 5.75 Å². The number of ether oxygens (including phenoxy) is 1. The Morgan fingerprint density at radius 3 is 2.33 bits per heavy atom. The van der Waals surface area contributed by atoms with Gasteiger partial charge in [-0.25, -0.2) is 8.78 Å².